The minimum absolute atomic E-state index is 0.541. The van der Waals surface area contributed by atoms with Gasteiger partial charge in [0.1, 0.15) is 0 Å². The Kier molecular flexibility index (Phi) is 3.44. The summed E-state index contributed by atoms with van der Waals surface area (Å²) in [6.07, 6.45) is 3.51. The maximum atomic E-state index is 10.3. The van der Waals surface area contributed by atoms with E-state index in [0.29, 0.717) is 12.1 Å². The topological polar surface area (TPSA) is 46.0 Å². The van der Waals surface area contributed by atoms with Crippen molar-refractivity contribution in [3.63, 3.8) is 0 Å². The molecule has 0 amide bonds. The Hall–Kier alpha value is -2.26. The van der Waals surface area contributed by atoms with Gasteiger partial charge in [-0.25, -0.2) is 0 Å². The Labute approximate surface area is 117 Å². The Morgan fingerprint density at radius 2 is 1.90 bits per heavy atom. The molecule has 1 N–H and O–H groups in total. The Morgan fingerprint density at radius 3 is 2.70 bits per heavy atom. The fourth-order valence-corrected chi connectivity index (χ4v) is 2.32. The molecule has 0 spiro atoms. The molecule has 0 aliphatic carbocycles. The summed E-state index contributed by atoms with van der Waals surface area (Å²) in [5.74, 6) is 0. The van der Waals surface area contributed by atoms with Gasteiger partial charge in [-0.2, -0.15) is 0 Å². The molecule has 0 aliphatic heterocycles. The molecule has 2 aromatic heterocycles. The number of aromatic nitrogens is 2. The molecule has 0 saturated heterocycles. The third-order valence-electron chi connectivity index (χ3n) is 3.43. The van der Waals surface area contributed by atoms with Crippen molar-refractivity contribution < 1.29 is 5.11 Å². The highest BCUT2D eigenvalue weighted by atomic mass is 16.3. The fraction of sp³-hybridized carbons (Fsp3) is 0.176. The minimum Gasteiger partial charge on any atom is -0.386 e. The summed E-state index contributed by atoms with van der Waals surface area (Å²) in [6.45, 7) is 1.99. The molecule has 1 aromatic carbocycles. The SMILES string of the molecule is Cc1ccc(C(O)Cc2ccnc3ccccc23)nc1. The number of hydrogen-bond donors (Lipinski definition) is 1. The van der Waals surface area contributed by atoms with Gasteiger partial charge in [0.05, 0.1) is 17.3 Å². The van der Waals surface area contributed by atoms with Crippen molar-refractivity contribution in [2.24, 2.45) is 0 Å². The number of rotatable bonds is 3. The van der Waals surface area contributed by atoms with E-state index in [1.54, 1.807) is 12.4 Å². The van der Waals surface area contributed by atoms with Crippen LogP contribution < -0.4 is 0 Å². The second kappa shape index (κ2) is 5.39. The molecule has 1 atom stereocenters. The van der Waals surface area contributed by atoms with E-state index >= 15 is 0 Å². The van der Waals surface area contributed by atoms with E-state index in [-0.39, 0.29) is 0 Å². The van der Waals surface area contributed by atoms with Crippen LogP contribution in [-0.4, -0.2) is 15.1 Å². The summed E-state index contributed by atoms with van der Waals surface area (Å²) in [6, 6.07) is 13.8. The van der Waals surface area contributed by atoms with Gasteiger partial charge in [-0.15, -0.1) is 0 Å². The van der Waals surface area contributed by atoms with Gasteiger partial charge in [-0.3, -0.25) is 9.97 Å². The van der Waals surface area contributed by atoms with Gasteiger partial charge >= 0.3 is 0 Å². The molecule has 2 heterocycles. The van der Waals surface area contributed by atoms with Crippen molar-refractivity contribution in [3.05, 3.63) is 71.7 Å². The summed E-state index contributed by atoms with van der Waals surface area (Å²) in [5, 5.41) is 11.4. The zero-order chi connectivity index (χ0) is 13.9. The predicted molar refractivity (Wildman–Crippen MR) is 79.4 cm³/mol. The van der Waals surface area contributed by atoms with Crippen LogP contribution in [0, 0.1) is 6.92 Å². The van der Waals surface area contributed by atoms with E-state index in [2.05, 4.69) is 9.97 Å². The van der Waals surface area contributed by atoms with Crippen molar-refractivity contribution in [3.8, 4) is 0 Å². The first-order valence-corrected chi connectivity index (χ1v) is 6.67. The molecule has 0 bridgehead atoms. The van der Waals surface area contributed by atoms with Crippen LogP contribution in [0.25, 0.3) is 10.9 Å². The Bertz CT molecular complexity index is 717. The zero-order valence-corrected chi connectivity index (χ0v) is 11.3. The quantitative estimate of drug-likeness (QED) is 0.790. The van der Waals surface area contributed by atoms with Crippen molar-refractivity contribution in [2.45, 2.75) is 19.4 Å². The van der Waals surface area contributed by atoms with Crippen LogP contribution in [0.2, 0.25) is 0 Å². The highest BCUT2D eigenvalue weighted by Crippen LogP contribution is 2.22. The van der Waals surface area contributed by atoms with Gasteiger partial charge in [-0.1, -0.05) is 24.3 Å². The lowest BCUT2D eigenvalue weighted by Gasteiger charge is -2.12. The number of fused-ring (bicyclic) bond motifs is 1. The molecule has 3 nitrogen and oxygen atoms in total. The Balaban J connectivity index is 1.91. The van der Waals surface area contributed by atoms with Crippen molar-refractivity contribution in [1.29, 1.82) is 0 Å². The number of aliphatic hydroxyl groups excluding tert-OH is 1. The van der Waals surface area contributed by atoms with Gasteiger partial charge in [0.25, 0.3) is 0 Å². The number of pyridine rings is 2. The Morgan fingerprint density at radius 1 is 1.05 bits per heavy atom. The van der Waals surface area contributed by atoms with Crippen LogP contribution in [0.4, 0.5) is 0 Å². The molecule has 3 rings (SSSR count). The van der Waals surface area contributed by atoms with E-state index in [0.717, 1.165) is 22.0 Å². The summed E-state index contributed by atoms with van der Waals surface area (Å²) < 4.78 is 0. The summed E-state index contributed by atoms with van der Waals surface area (Å²) in [5.41, 5.74) is 3.84. The number of benzene rings is 1. The summed E-state index contributed by atoms with van der Waals surface area (Å²) in [7, 11) is 0. The van der Waals surface area contributed by atoms with Gasteiger partial charge in [0.15, 0.2) is 0 Å². The highest BCUT2D eigenvalue weighted by molar-refractivity contribution is 5.81. The van der Waals surface area contributed by atoms with E-state index in [4.69, 9.17) is 0 Å². The molecule has 100 valence electrons. The third kappa shape index (κ3) is 2.53. The molecule has 3 heteroatoms. The first-order chi connectivity index (χ1) is 9.74. The lowest BCUT2D eigenvalue weighted by atomic mass is 10.0. The molecular formula is C17H16N2O. The fourth-order valence-electron chi connectivity index (χ4n) is 2.32. The number of hydrogen-bond acceptors (Lipinski definition) is 3. The van der Waals surface area contributed by atoms with Crippen LogP contribution >= 0.6 is 0 Å². The standard InChI is InChI=1S/C17H16N2O/c1-12-6-7-16(19-11-12)17(20)10-13-8-9-18-15-5-3-2-4-14(13)15/h2-9,11,17,20H,10H2,1H3. The van der Waals surface area contributed by atoms with Crippen molar-refractivity contribution >= 4 is 10.9 Å². The normalized spacial score (nSPS) is 12.5. The second-order valence-corrected chi connectivity index (χ2v) is 4.97. The van der Waals surface area contributed by atoms with Gasteiger partial charge in [-0.05, 0) is 36.2 Å². The zero-order valence-electron chi connectivity index (χ0n) is 11.3. The number of aliphatic hydroxyl groups is 1. The first-order valence-electron chi connectivity index (χ1n) is 6.67. The molecule has 0 aliphatic rings. The van der Waals surface area contributed by atoms with Crippen LogP contribution in [0.15, 0.2) is 54.9 Å². The molecule has 0 radical (unpaired) electrons. The highest BCUT2D eigenvalue weighted by Gasteiger charge is 2.12. The lowest BCUT2D eigenvalue weighted by Crippen LogP contribution is -2.04. The van der Waals surface area contributed by atoms with Crippen LogP contribution in [0.5, 0.6) is 0 Å². The van der Waals surface area contributed by atoms with Gasteiger partial charge in [0, 0.05) is 24.2 Å². The molecule has 0 saturated carbocycles. The summed E-state index contributed by atoms with van der Waals surface area (Å²) in [4.78, 5) is 8.63. The summed E-state index contributed by atoms with van der Waals surface area (Å²) >= 11 is 0. The van der Waals surface area contributed by atoms with E-state index < -0.39 is 6.10 Å². The van der Waals surface area contributed by atoms with Crippen LogP contribution in [0.1, 0.15) is 22.9 Å². The average Bonchev–Trinajstić information content (AvgIpc) is 2.48. The first kappa shape index (κ1) is 12.8. The van der Waals surface area contributed by atoms with E-state index in [9.17, 15) is 5.11 Å². The van der Waals surface area contributed by atoms with E-state index in [1.165, 1.54) is 0 Å². The maximum Gasteiger partial charge on any atom is 0.1000 e. The van der Waals surface area contributed by atoms with E-state index in [1.807, 2.05) is 49.4 Å². The lowest BCUT2D eigenvalue weighted by molar-refractivity contribution is 0.174. The second-order valence-electron chi connectivity index (χ2n) is 4.97. The monoisotopic (exact) mass is 264 g/mol. The average molecular weight is 264 g/mol. The van der Waals surface area contributed by atoms with Crippen LogP contribution in [0.3, 0.4) is 0 Å². The van der Waals surface area contributed by atoms with Crippen molar-refractivity contribution in [1.82, 2.24) is 9.97 Å². The van der Waals surface area contributed by atoms with Crippen molar-refractivity contribution in [2.75, 3.05) is 0 Å². The largest absolute Gasteiger partial charge is 0.386 e. The molecule has 20 heavy (non-hydrogen) atoms. The molecule has 1 unspecified atom stereocenters. The smallest absolute Gasteiger partial charge is 0.1000 e. The van der Waals surface area contributed by atoms with Crippen LogP contribution in [-0.2, 0) is 6.42 Å². The van der Waals surface area contributed by atoms with Gasteiger partial charge < -0.3 is 5.11 Å². The maximum absolute atomic E-state index is 10.3. The molecular weight excluding hydrogens is 248 g/mol. The molecule has 3 aromatic rings. The predicted octanol–water partition coefficient (Wildman–Crippen LogP) is 3.21. The number of para-hydroxylation sites is 1. The number of aryl methyl sites for hydroxylation is 1. The third-order valence-corrected chi connectivity index (χ3v) is 3.43. The van der Waals surface area contributed by atoms with Gasteiger partial charge in [0.2, 0.25) is 0 Å². The molecule has 0 fully saturated rings. The number of nitrogens with zero attached hydrogens (tertiary/aromatic N) is 2. The minimum atomic E-state index is -0.596.